The summed E-state index contributed by atoms with van der Waals surface area (Å²) in [5, 5.41) is 0.385. The normalized spacial score (nSPS) is 11.6. The molecule has 0 aromatic carbocycles. The van der Waals surface area contributed by atoms with E-state index in [1.807, 2.05) is 6.92 Å². The maximum atomic E-state index is 4.85. The maximum Gasteiger partial charge on any atom is 0.0360 e. The summed E-state index contributed by atoms with van der Waals surface area (Å²) in [6, 6.07) is 0. The number of nitrogens with one attached hydrogen (secondary N) is 3. The lowest BCUT2D eigenvalue weighted by molar-refractivity contribution is 0.525. The van der Waals surface area contributed by atoms with E-state index in [2.05, 4.69) is 34.1 Å². The molecule has 0 bridgehead atoms. The van der Waals surface area contributed by atoms with Crippen molar-refractivity contribution < 1.29 is 0 Å². The Bertz CT molecular complexity index is 92.2. The quantitative estimate of drug-likeness (QED) is 0.127. The molecular formula is C3H10N5S-. The molecule has 0 saturated heterocycles. The van der Waals surface area contributed by atoms with Crippen molar-refractivity contribution in [3.05, 3.63) is 0 Å². The van der Waals surface area contributed by atoms with E-state index in [4.69, 9.17) is 5.84 Å². The van der Waals surface area contributed by atoms with Crippen LogP contribution in [0.5, 0.6) is 0 Å². The third-order valence-electron chi connectivity index (χ3n) is 0.543. The van der Waals surface area contributed by atoms with Crippen molar-refractivity contribution in [1.82, 2.24) is 16.5 Å². The molecule has 0 aliphatic heterocycles. The van der Waals surface area contributed by atoms with Gasteiger partial charge in [0.25, 0.3) is 0 Å². The summed E-state index contributed by atoms with van der Waals surface area (Å²) in [5.74, 6) is 4.85. The third-order valence-corrected chi connectivity index (χ3v) is 0.774. The van der Waals surface area contributed by atoms with Gasteiger partial charge in [-0.05, 0) is 12.1 Å². The monoisotopic (exact) mass is 148 g/mol. The average Bonchev–Trinajstić information content (AvgIpc) is 1.85. The predicted octanol–water partition coefficient (Wildman–Crippen LogP) is -1.62. The van der Waals surface area contributed by atoms with E-state index in [1.54, 1.807) is 0 Å². The van der Waals surface area contributed by atoms with Gasteiger partial charge < -0.3 is 18.1 Å². The van der Waals surface area contributed by atoms with Crippen molar-refractivity contribution in [2.24, 2.45) is 10.8 Å². The molecule has 54 valence electrons. The number of nitrogens with zero attached hydrogens (tertiary/aromatic N) is 1. The molecular weight excluding hydrogens is 138 g/mol. The predicted molar refractivity (Wildman–Crippen MR) is 38.9 cm³/mol. The van der Waals surface area contributed by atoms with Gasteiger partial charge in [-0.1, -0.05) is 0 Å². The molecule has 0 aromatic heterocycles. The van der Waals surface area contributed by atoms with Gasteiger partial charge in [0.15, 0.2) is 0 Å². The van der Waals surface area contributed by atoms with E-state index in [-0.39, 0.29) is 0 Å². The first-order valence-electron chi connectivity index (χ1n) is 2.49. The zero-order valence-corrected chi connectivity index (χ0v) is 5.96. The number of aliphatic imine (C=N–C) groups is 1. The molecule has 5 nitrogen and oxygen atoms in total. The number of hydrogen-bond acceptors (Lipinski definition) is 5. The van der Waals surface area contributed by atoms with Gasteiger partial charge in [-0.2, -0.15) is 11.1 Å². The second-order valence-corrected chi connectivity index (χ2v) is 1.56. The van der Waals surface area contributed by atoms with Crippen LogP contribution in [0.3, 0.4) is 0 Å². The lowest BCUT2D eigenvalue weighted by Crippen LogP contribution is -2.49. The molecule has 0 spiro atoms. The van der Waals surface area contributed by atoms with Crippen LogP contribution >= 0.6 is 0 Å². The topological polar surface area (TPSA) is 74.5 Å². The van der Waals surface area contributed by atoms with Crippen LogP contribution in [0.2, 0.25) is 0 Å². The van der Waals surface area contributed by atoms with E-state index in [0.717, 1.165) is 0 Å². The van der Waals surface area contributed by atoms with Gasteiger partial charge in [-0.15, -0.1) is 0 Å². The molecule has 9 heavy (non-hydrogen) atoms. The van der Waals surface area contributed by atoms with Crippen LogP contribution in [0.4, 0.5) is 0 Å². The minimum atomic E-state index is 0.385. The molecule has 0 aromatic rings. The maximum absolute atomic E-state index is 4.85. The summed E-state index contributed by atoms with van der Waals surface area (Å²) in [7, 11) is 0. The van der Waals surface area contributed by atoms with Crippen molar-refractivity contribution in [2.75, 3.05) is 6.54 Å². The molecule has 0 heterocycles. The Kier molecular flexibility index (Phi) is 5.43. The largest absolute Gasteiger partial charge is 0.742 e. The number of amidine groups is 1. The highest BCUT2D eigenvalue weighted by atomic mass is 32.1. The first kappa shape index (κ1) is 8.57. The van der Waals surface area contributed by atoms with Gasteiger partial charge in [0.05, 0.1) is 0 Å². The van der Waals surface area contributed by atoms with Crippen LogP contribution in [0.25, 0.3) is 0 Å². The highest BCUT2D eigenvalue weighted by Gasteiger charge is 1.72. The molecule has 0 amide bonds. The average molecular weight is 148 g/mol. The molecule has 0 atom stereocenters. The third kappa shape index (κ3) is 5.44. The van der Waals surface area contributed by atoms with E-state index in [9.17, 15) is 0 Å². The fourth-order valence-electron chi connectivity index (χ4n) is 0.273. The minimum absolute atomic E-state index is 0.385. The molecule has 5 N–H and O–H groups in total. The Morgan fingerprint density at radius 3 is 2.89 bits per heavy atom. The Hall–Kier alpha value is -0.430. The molecule has 0 fully saturated rings. The molecule has 0 unspecified atom stereocenters. The first-order chi connectivity index (χ1) is 4.31. The first-order valence-corrected chi connectivity index (χ1v) is 2.90. The lowest BCUT2D eigenvalue weighted by Gasteiger charge is -2.12. The molecule has 0 saturated carbocycles. The van der Waals surface area contributed by atoms with E-state index in [0.29, 0.717) is 11.7 Å². The van der Waals surface area contributed by atoms with Crippen LogP contribution in [-0.4, -0.2) is 11.7 Å². The van der Waals surface area contributed by atoms with Gasteiger partial charge in [0.2, 0.25) is 0 Å². The fourth-order valence-corrected chi connectivity index (χ4v) is 0.453. The smallest absolute Gasteiger partial charge is 0.0360 e. The lowest BCUT2D eigenvalue weighted by atomic mass is 10.8. The SMILES string of the molecule is CCN=C([S-])NNNN. The minimum Gasteiger partial charge on any atom is -0.742 e. The second-order valence-electron chi connectivity index (χ2n) is 1.17. The van der Waals surface area contributed by atoms with Crippen molar-refractivity contribution >= 4 is 17.8 Å². The molecule has 0 rings (SSSR count). The molecule has 6 heteroatoms. The summed E-state index contributed by atoms with van der Waals surface area (Å²) in [5.41, 5.74) is 7.04. The number of nitrogens with two attached hydrogens (primary N) is 1. The number of hydrogen-bond donors (Lipinski definition) is 4. The van der Waals surface area contributed by atoms with Crippen LogP contribution in [0.15, 0.2) is 4.99 Å². The van der Waals surface area contributed by atoms with E-state index < -0.39 is 0 Å². The molecule has 0 aliphatic rings. The molecule has 0 aliphatic carbocycles. The Labute approximate surface area is 59.4 Å². The van der Waals surface area contributed by atoms with Crippen molar-refractivity contribution in [2.45, 2.75) is 6.92 Å². The number of rotatable bonds is 3. The van der Waals surface area contributed by atoms with E-state index in [1.165, 1.54) is 0 Å². The van der Waals surface area contributed by atoms with Crippen LogP contribution in [0.1, 0.15) is 6.92 Å². The van der Waals surface area contributed by atoms with E-state index >= 15 is 0 Å². The van der Waals surface area contributed by atoms with Crippen LogP contribution in [-0.2, 0) is 12.6 Å². The second kappa shape index (κ2) is 5.70. The highest BCUT2D eigenvalue weighted by Crippen LogP contribution is 1.66. The summed E-state index contributed by atoms with van der Waals surface area (Å²) in [4.78, 5) is 3.82. The van der Waals surface area contributed by atoms with Gasteiger partial charge in [0, 0.05) is 6.54 Å². The van der Waals surface area contributed by atoms with Crippen LogP contribution in [0, 0.1) is 0 Å². The Morgan fingerprint density at radius 2 is 2.44 bits per heavy atom. The zero-order valence-electron chi connectivity index (χ0n) is 5.14. The molecule has 0 radical (unpaired) electrons. The standard InChI is InChI=1S/C3H11N5S/c1-2-5-3(9)6-8-7-4/h7-8H,2,4H2,1H3,(H2,5,6,9)/p-1. The van der Waals surface area contributed by atoms with Crippen molar-refractivity contribution in [1.29, 1.82) is 0 Å². The van der Waals surface area contributed by atoms with Crippen LogP contribution < -0.4 is 22.3 Å². The van der Waals surface area contributed by atoms with Gasteiger partial charge in [0.1, 0.15) is 0 Å². The fraction of sp³-hybridized carbons (Fsp3) is 0.667. The van der Waals surface area contributed by atoms with Crippen molar-refractivity contribution in [3.8, 4) is 0 Å². The summed E-state index contributed by atoms with van der Waals surface area (Å²) < 4.78 is 0. The number of hydrazine groups is 3. The van der Waals surface area contributed by atoms with Crippen molar-refractivity contribution in [3.63, 3.8) is 0 Å². The van der Waals surface area contributed by atoms with Gasteiger partial charge in [-0.25, -0.2) is 0 Å². The Balaban J connectivity index is 3.25. The highest BCUT2D eigenvalue weighted by molar-refractivity contribution is 7.77. The summed E-state index contributed by atoms with van der Waals surface area (Å²) >= 11 is 4.68. The Morgan fingerprint density at radius 1 is 1.78 bits per heavy atom. The summed E-state index contributed by atoms with van der Waals surface area (Å²) in [6.45, 7) is 2.56. The summed E-state index contributed by atoms with van der Waals surface area (Å²) in [6.07, 6.45) is 0. The van der Waals surface area contributed by atoms with Gasteiger partial charge >= 0.3 is 0 Å². The van der Waals surface area contributed by atoms with Gasteiger partial charge in [-0.3, -0.25) is 10.8 Å². The zero-order chi connectivity index (χ0) is 7.11.